The summed E-state index contributed by atoms with van der Waals surface area (Å²) in [4.78, 5) is 0. The lowest BCUT2D eigenvalue weighted by atomic mass is 10.3. The van der Waals surface area contributed by atoms with Crippen LogP contribution in [0, 0.1) is 5.82 Å². The van der Waals surface area contributed by atoms with Crippen molar-refractivity contribution < 1.29 is 9.50 Å². The minimum atomic E-state index is -0.347. The molecule has 0 radical (unpaired) electrons. The topological polar surface area (TPSA) is 38.1 Å². The van der Waals surface area contributed by atoms with Crippen LogP contribution in [-0.2, 0) is 6.61 Å². The fourth-order valence-electron chi connectivity index (χ4n) is 1.39. The number of hydrogen-bond donors (Lipinski definition) is 1. The molecule has 0 amide bonds. The molecule has 0 atom stereocenters. The molecule has 0 aliphatic carbocycles. The third-order valence-corrected chi connectivity index (χ3v) is 3.29. The van der Waals surface area contributed by atoms with E-state index >= 15 is 0 Å². The Balaban J connectivity index is 2.64. The van der Waals surface area contributed by atoms with Gasteiger partial charge in [0, 0.05) is 15.1 Å². The first-order chi connectivity index (χ1) is 7.63. The Morgan fingerprint density at radius 3 is 2.50 bits per heavy atom. The third kappa shape index (κ3) is 2.05. The van der Waals surface area contributed by atoms with Crippen LogP contribution in [0.3, 0.4) is 0 Å². The van der Waals surface area contributed by atoms with Gasteiger partial charge in [0.25, 0.3) is 0 Å². The highest BCUT2D eigenvalue weighted by Gasteiger charge is 2.13. The average molecular weight is 350 g/mol. The minimum absolute atomic E-state index is 0.129. The van der Waals surface area contributed by atoms with E-state index in [0.29, 0.717) is 20.3 Å². The number of aliphatic hydroxyl groups excluding tert-OH is 1. The molecule has 0 aliphatic rings. The zero-order valence-electron chi connectivity index (χ0n) is 7.99. The summed E-state index contributed by atoms with van der Waals surface area (Å²) in [7, 11) is 0. The largest absolute Gasteiger partial charge is 0.390 e. The van der Waals surface area contributed by atoms with Gasteiger partial charge in [-0.25, -0.2) is 9.07 Å². The number of hydrogen-bond acceptors (Lipinski definition) is 2. The normalized spacial score (nSPS) is 10.8. The highest BCUT2D eigenvalue weighted by Crippen LogP contribution is 2.30. The molecule has 16 heavy (non-hydrogen) atoms. The van der Waals surface area contributed by atoms with Crippen molar-refractivity contribution in [1.82, 2.24) is 9.78 Å². The predicted molar refractivity (Wildman–Crippen MR) is 64.8 cm³/mol. The maximum absolute atomic E-state index is 13.1. The van der Waals surface area contributed by atoms with Crippen molar-refractivity contribution in [1.29, 1.82) is 0 Å². The van der Waals surface area contributed by atoms with Gasteiger partial charge in [-0.15, -0.1) is 0 Å². The van der Waals surface area contributed by atoms with Crippen molar-refractivity contribution in [3.05, 3.63) is 44.9 Å². The van der Waals surface area contributed by atoms with Gasteiger partial charge in [0.1, 0.15) is 5.82 Å². The van der Waals surface area contributed by atoms with Gasteiger partial charge in [0.2, 0.25) is 0 Å². The van der Waals surface area contributed by atoms with Gasteiger partial charge in [0.15, 0.2) is 0 Å². The number of halogens is 3. The van der Waals surface area contributed by atoms with Gasteiger partial charge < -0.3 is 5.11 Å². The molecular weight excluding hydrogens is 343 g/mol. The van der Waals surface area contributed by atoms with Crippen molar-refractivity contribution in [2.24, 2.45) is 0 Å². The molecule has 0 bridgehead atoms. The molecule has 0 aliphatic heterocycles. The Bertz CT molecular complexity index is 504. The van der Waals surface area contributed by atoms with E-state index in [1.165, 1.54) is 12.1 Å². The van der Waals surface area contributed by atoms with Crippen molar-refractivity contribution in [2.75, 3.05) is 0 Å². The Kier molecular flexibility index (Phi) is 3.41. The Labute approximate surface area is 108 Å². The van der Waals surface area contributed by atoms with E-state index in [1.54, 1.807) is 16.9 Å². The number of nitrogens with zero attached hydrogens (tertiary/aromatic N) is 2. The lowest BCUT2D eigenvalue weighted by Crippen LogP contribution is -2.04. The van der Waals surface area contributed by atoms with E-state index < -0.39 is 0 Å². The SMILES string of the molecule is OCc1ccnn1-c1c(Br)cc(F)cc1Br. The second kappa shape index (κ2) is 4.65. The molecule has 1 aromatic heterocycles. The lowest BCUT2D eigenvalue weighted by molar-refractivity contribution is 0.273. The van der Waals surface area contributed by atoms with Gasteiger partial charge in [-0.1, -0.05) is 0 Å². The molecule has 0 spiro atoms. The second-order valence-electron chi connectivity index (χ2n) is 3.11. The van der Waals surface area contributed by atoms with Gasteiger partial charge in [0.05, 0.1) is 18.0 Å². The summed E-state index contributed by atoms with van der Waals surface area (Å²) in [5, 5.41) is 13.2. The Morgan fingerprint density at radius 1 is 1.31 bits per heavy atom. The van der Waals surface area contributed by atoms with Crippen LogP contribution < -0.4 is 0 Å². The highest BCUT2D eigenvalue weighted by molar-refractivity contribution is 9.11. The zero-order chi connectivity index (χ0) is 11.7. The molecule has 0 unspecified atom stereocenters. The smallest absolute Gasteiger partial charge is 0.125 e. The molecule has 3 nitrogen and oxygen atoms in total. The molecule has 84 valence electrons. The monoisotopic (exact) mass is 348 g/mol. The average Bonchev–Trinajstić information content (AvgIpc) is 2.64. The molecule has 2 aromatic rings. The second-order valence-corrected chi connectivity index (χ2v) is 4.82. The maximum Gasteiger partial charge on any atom is 0.125 e. The van der Waals surface area contributed by atoms with Crippen LogP contribution in [-0.4, -0.2) is 14.9 Å². The number of benzene rings is 1. The third-order valence-electron chi connectivity index (χ3n) is 2.08. The number of rotatable bonds is 2. The van der Waals surface area contributed by atoms with Crippen molar-refractivity contribution in [3.63, 3.8) is 0 Å². The van der Waals surface area contributed by atoms with Gasteiger partial charge >= 0.3 is 0 Å². The van der Waals surface area contributed by atoms with E-state index in [-0.39, 0.29) is 12.4 Å². The summed E-state index contributed by atoms with van der Waals surface area (Å²) in [6, 6.07) is 4.40. The van der Waals surface area contributed by atoms with E-state index in [1.807, 2.05) is 0 Å². The maximum atomic E-state index is 13.1. The van der Waals surface area contributed by atoms with Crippen LogP contribution in [0.25, 0.3) is 5.69 Å². The summed E-state index contributed by atoms with van der Waals surface area (Å²) >= 11 is 6.54. The lowest BCUT2D eigenvalue weighted by Gasteiger charge is -2.10. The first-order valence-electron chi connectivity index (χ1n) is 4.42. The van der Waals surface area contributed by atoms with Crippen LogP contribution in [0.5, 0.6) is 0 Å². The molecule has 6 heteroatoms. The summed E-state index contributed by atoms with van der Waals surface area (Å²) in [6.45, 7) is -0.129. The van der Waals surface area contributed by atoms with Gasteiger partial charge in [-0.2, -0.15) is 5.10 Å². The van der Waals surface area contributed by atoms with E-state index in [9.17, 15) is 4.39 Å². The number of aliphatic hydroxyl groups is 1. The first kappa shape index (κ1) is 11.8. The summed E-state index contributed by atoms with van der Waals surface area (Å²) < 4.78 is 15.8. The predicted octanol–water partition coefficient (Wildman–Crippen LogP) is 3.03. The van der Waals surface area contributed by atoms with E-state index in [2.05, 4.69) is 37.0 Å². The first-order valence-corrected chi connectivity index (χ1v) is 6.00. The molecule has 1 aromatic carbocycles. The molecule has 0 saturated carbocycles. The molecule has 1 N–H and O–H groups in total. The number of aromatic nitrogens is 2. The van der Waals surface area contributed by atoms with Gasteiger partial charge in [-0.05, 0) is 50.1 Å². The van der Waals surface area contributed by atoms with Crippen LogP contribution in [0.1, 0.15) is 5.69 Å². The van der Waals surface area contributed by atoms with Crippen molar-refractivity contribution >= 4 is 31.9 Å². The standard InChI is InChI=1S/C10H7Br2FN2O/c11-8-3-6(13)4-9(12)10(8)15-7(5-16)1-2-14-15/h1-4,16H,5H2. The van der Waals surface area contributed by atoms with Crippen LogP contribution in [0.15, 0.2) is 33.3 Å². The van der Waals surface area contributed by atoms with Crippen molar-refractivity contribution in [3.8, 4) is 5.69 Å². The van der Waals surface area contributed by atoms with E-state index in [0.717, 1.165) is 0 Å². The van der Waals surface area contributed by atoms with E-state index in [4.69, 9.17) is 5.11 Å². The Morgan fingerprint density at radius 2 is 1.94 bits per heavy atom. The fourth-order valence-corrected chi connectivity index (χ4v) is 2.86. The zero-order valence-corrected chi connectivity index (χ0v) is 11.2. The van der Waals surface area contributed by atoms with Crippen LogP contribution in [0.4, 0.5) is 4.39 Å². The molecule has 2 rings (SSSR count). The Hall–Kier alpha value is -0.720. The van der Waals surface area contributed by atoms with Crippen LogP contribution in [0.2, 0.25) is 0 Å². The highest BCUT2D eigenvalue weighted by atomic mass is 79.9. The summed E-state index contributed by atoms with van der Waals surface area (Å²) in [5.41, 5.74) is 1.29. The summed E-state index contributed by atoms with van der Waals surface area (Å²) in [5.74, 6) is -0.347. The van der Waals surface area contributed by atoms with Crippen molar-refractivity contribution in [2.45, 2.75) is 6.61 Å². The molecular formula is C10H7Br2FN2O. The minimum Gasteiger partial charge on any atom is -0.390 e. The molecule has 1 heterocycles. The molecule has 0 saturated heterocycles. The van der Waals surface area contributed by atoms with Gasteiger partial charge in [-0.3, -0.25) is 0 Å². The molecule has 0 fully saturated rings. The fraction of sp³-hybridized carbons (Fsp3) is 0.100. The van der Waals surface area contributed by atoms with Crippen LogP contribution >= 0.6 is 31.9 Å². The quantitative estimate of drug-likeness (QED) is 0.905. The summed E-state index contributed by atoms with van der Waals surface area (Å²) in [6.07, 6.45) is 1.58.